The number of rotatable bonds is 5. The molecule has 0 fully saturated rings. The number of hydrazine groups is 1. The highest BCUT2D eigenvalue weighted by Crippen LogP contribution is 2.29. The summed E-state index contributed by atoms with van der Waals surface area (Å²) in [5.74, 6) is 7.18. The maximum atomic E-state index is 5.80. The fraction of sp³-hybridized carbons (Fsp3) is 0.571. The van der Waals surface area contributed by atoms with Crippen LogP contribution in [0.15, 0.2) is 24.3 Å². The SMILES string of the molecule is CCCCC(NN)C1COc2ccccc2C1. The summed E-state index contributed by atoms with van der Waals surface area (Å²) in [7, 11) is 0. The minimum atomic E-state index is 0.364. The van der Waals surface area contributed by atoms with Crippen LogP contribution in [0.2, 0.25) is 0 Å². The van der Waals surface area contributed by atoms with E-state index in [0.29, 0.717) is 12.0 Å². The maximum Gasteiger partial charge on any atom is 0.122 e. The van der Waals surface area contributed by atoms with Crippen LogP contribution in [0.4, 0.5) is 0 Å². The molecular weight excluding hydrogens is 212 g/mol. The second-order valence-electron chi connectivity index (χ2n) is 4.80. The highest BCUT2D eigenvalue weighted by Gasteiger charge is 2.26. The van der Waals surface area contributed by atoms with E-state index in [1.807, 2.05) is 12.1 Å². The number of hydrogen-bond donors (Lipinski definition) is 2. The lowest BCUT2D eigenvalue weighted by Crippen LogP contribution is -2.45. The van der Waals surface area contributed by atoms with Crippen LogP contribution in [0.25, 0.3) is 0 Å². The van der Waals surface area contributed by atoms with Crippen molar-refractivity contribution in [3.05, 3.63) is 29.8 Å². The topological polar surface area (TPSA) is 47.3 Å². The molecule has 0 aromatic heterocycles. The maximum absolute atomic E-state index is 5.80. The monoisotopic (exact) mass is 234 g/mol. The van der Waals surface area contributed by atoms with E-state index in [9.17, 15) is 0 Å². The van der Waals surface area contributed by atoms with E-state index in [4.69, 9.17) is 10.6 Å². The van der Waals surface area contributed by atoms with Crippen molar-refractivity contribution in [3.8, 4) is 5.75 Å². The first kappa shape index (κ1) is 12.4. The summed E-state index contributed by atoms with van der Waals surface area (Å²) in [6.45, 7) is 2.98. The number of unbranched alkanes of at least 4 members (excludes halogenated alkanes) is 1. The van der Waals surface area contributed by atoms with Crippen LogP contribution in [-0.4, -0.2) is 12.6 Å². The Bertz CT molecular complexity index is 354. The quantitative estimate of drug-likeness (QED) is 0.607. The summed E-state index contributed by atoms with van der Waals surface area (Å²) in [6, 6.07) is 8.65. The van der Waals surface area contributed by atoms with Gasteiger partial charge in [-0.3, -0.25) is 11.3 Å². The van der Waals surface area contributed by atoms with E-state index in [1.54, 1.807) is 0 Å². The molecule has 2 rings (SSSR count). The summed E-state index contributed by atoms with van der Waals surface area (Å²) in [6.07, 6.45) is 4.62. The molecule has 2 unspecified atom stereocenters. The molecule has 1 aliphatic rings. The molecule has 3 heteroatoms. The van der Waals surface area contributed by atoms with Crippen molar-refractivity contribution in [3.63, 3.8) is 0 Å². The van der Waals surface area contributed by atoms with Gasteiger partial charge in [0.25, 0.3) is 0 Å². The van der Waals surface area contributed by atoms with Gasteiger partial charge in [0.1, 0.15) is 5.75 Å². The summed E-state index contributed by atoms with van der Waals surface area (Å²) in [5, 5.41) is 0. The highest BCUT2D eigenvalue weighted by atomic mass is 16.5. The summed E-state index contributed by atoms with van der Waals surface area (Å²) >= 11 is 0. The minimum Gasteiger partial charge on any atom is -0.493 e. The van der Waals surface area contributed by atoms with Gasteiger partial charge in [0, 0.05) is 12.0 Å². The zero-order valence-electron chi connectivity index (χ0n) is 10.5. The second kappa shape index (κ2) is 6.03. The van der Waals surface area contributed by atoms with Crippen LogP contribution in [-0.2, 0) is 6.42 Å². The Kier molecular flexibility index (Phi) is 4.40. The lowest BCUT2D eigenvalue weighted by atomic mass is 9.88. The minimum absolute atomic E-state index is 0.364. The first-order valence-corrected chi connectivity index (χ1v) is 6.52. The number of para-hydroxylation sites is 1. The molecular formula is C14H22N2O. The fourth-order valence-corrected chi connectivity index (χ4v) is 2.49. The van der Waals surface area contributed by atoms with Gasteiger partial charge in [0.05, 0.1) is 6.61 Å². The van der Waals surface area contributed by atoms with Crippen molar-refractivity contribution < 1.29 is 4.74 Å². The third-order valence-corrected chi connectivity index (χ3v) is 3.56. The molecule has 1 aliphatic heterocycles. The van der Waals surface area contributed by atoms with Gasteiger partial charge in [-0.15, -0.1) is 0 Å². The number of fused-ring (bicyclic) bond motifs is 1. The Morgan fingerprint density at radius 1 is 1.47 bits per heavy atom. The van der Waals surface area contributed by atoms with E-state index >= 15 is 0 Å². The highest BCUT2D eigenvalue weighted by molar-refractivity contribution is 5.35. The molecule has 3 N–H and O–H groups in total. The van der Waals surface area contributed by atoms with E-state index in [1.165, 1.54) is 18.4 Å². The molecule has 17 heavy (non-hydrogen) atoms. The molecule has 0 saturated carbocycles. The van der Waals surface area contributed by atoms with Crippen molar-refractivity contribution in [2.75, 3.05) is 6.61 Å². The standard InChI is InChI=1S/C14H22N2O/c1-2-3-7-13(16-15)12-9-11-6-4-5-8-14(11)17-10-12/h4-6,8,12-13,16H,2-3,7,9-10,15H2,1H3. The summed E-state index contributed by atoms with van der Waals surface area (Å²) in [5.41, 5.74) is 4.26. The Balaban J connectivity index is 2.00. The Labute approximate surface area is 103 Å². The predicted octanol–water partition coefficient (Wildman–Crippen LogP) is 2.26. The first-order valence-electron chi connectivity index (χ1n) is 6.52. The van der Waals surface area contributed by atoms with Gasteiger partial charge >= 0.3 is 0 Å². The third kappa shape index (κ3) is 2.99. The van der Waals surface area contributed by atoms with Gasteiger partial charge in [0.15, 0.2) is 0 Å². The average Bonchev–Trinajstić information content (AvgIpc) is 2.39. The van der Waals surface area contributed by atoms with Crippen molar-refractivity contribution in [1.29, 1.82) is 0 Å². The van der Waals surface area contributed by atoms with Crippen LogP contribution < -0.4 is 16.0 Å². The molecule has 0 radical (unpaired) electrons. The molecule has 0 saturated heterocycles. The van der Waals surface area contributed by atoms with Crippen molar-refractivity contribution in [1.82, 2.24) is 5.43 Å². The van der Waals surface area contributed by atoms with E-state index < -0.39 is 0 Å². The molecule has 0 amide bonds. The molecule has 94 valence electrons. The Morgan fingerprint density at radius 3 is 3.06 bits per heavy atom. The van der Waals surface area contributed by atoms with Crippen molar-refractivity contribution in [2.45, 2.75) is 38.6 Å². The van der Waals surface area contributed by atoms with Gasteiger partial charge < -0.3 is 4.74 Å². The number of nitrogens with two attached hydrogens (primary N) is 1. The van der Waals surface area contributed by atoms with Gasteiger partial charge in [-0.1, -0.05) is 38.0 Å². The molecule has 0 bridgehead atoms. The average molecular weight is 234 g/mol. The van der Waals surface area contributed by atoms with E-state index in [-0.39, 0.29) is 0 Å². The number of benzene rings is 1. The zero-order valence-corrected chi connectivity index (χ0v) is 10.5. The third-order valence-electron chi connectivity index (χ3n) is 3.56. The first-order chi connectivity index (χ1) is 8.35. The smallest absolute Gasteiger partial charge is 0.122 e. The molecule has 0 spiro atoms. The van der Waals surface area contributed by atoms with E-state index in [0.717, 1.165) is 25.2 Å². The van der Waals surface area contributed by atoms with Crippen LogP contribution in [0, 0.1) is 5.92 Å². The van der Waals surface area contributed by atoms with Crippen LogP contribution >= 0.6 is 0 Å². The summed E-state index contributed by atoms with van der Waals surface area (Å²) < 4.78 is 5.80. The predicted molar refractivity (Wildman–Crippen MR) is 69.8 cm³/mol. The molecule has 1 aromatic carbocycles. The number of nitrogens with one attached hydrogen (secondary N) is 1. The van der Waals surface area contributed by atoms with E-state index in [2.05, 4.69) is 24.5 Å². The second-order valence-corrected chi connectivity index (χ2v) is 4.80. The lowest BCUT2D eigenvalue weighted by molar-refractivity contribution is 0.178. The van der Waals surface area contributed by atoms with Crippen molar-refractivity contribution in [2.24, 2.45) is 11.8 Å². The van der Waals surface area contributed by atoms with Gasteiger partial charge in [-0.25, -0.2) is 0 Å². The van der Waals surface area contributed by atoms with Crippen LogP contribution in [0.1, 0.15) is 31.7 Å². The number of hydrogen-bond acceptors (Lipinski definition) is 3. The normalized spacial score (nSPS) is 20.5. The number of ether oxygens (including phenoxy) is 1. The summed E-state index contributed by atoms with van der Waals surface area (Å²) in [4.78, 5) is 0. The Hall–Kier alpha value is -1.06. The molecule has 1 aromatic rings. The largest absolute Gasteiger partial charge is 0.493 e. The molecule has 1 heterocycles. The lowest BCUT2D eigenvalue weighted by Gasteiger charge is -2.31. The van der Waals surface area contributed by atoms with Crippen LogP contribution in [0.5, 0.6) is 5.75 Å². The zero-order chi connectivity index (χ0) is 12.1. The molecule has 2 atom stereocenters. The molecule has 3 nitrogen and oxygen atoms in total. The fourth-order valence-electron chi connectivity index (χ4n) is 2.49. The Morgan fingerprint density at radius 2 is 2.29 bits per heavy atom. The van der Waals surface area contributed by atoms with Crippen molar-refractivity contribution >= 4 is 0 Å². The van der Waals surface area contributed by atoms with Gasteiger partial charge in [0.2, 0.25) is 0 Å². The van der Waals surface area contributed by atoms with Gasteiger partial charge in [-0.05, 0) is 24.5 Å². The van der Waals surface area contributed by atoms with Gasteiger partial charge in [-0.2, -0.15) is 0 Å². The molecule has 0 aliphatic carbocycles. The van der Waals surface area contributed by atoms with Crippen LogP contribution in [0.3, 0.4) is 0 Å².